The molecule has 0 radical (unpaired) electrons. The standard InChI is InChI=1S/C12H18N2O3/c1-5-6-7-11-13-12(17-10(4)16)8(2)14(11)9(3)15/h5-7H2,1-4H3. The van der Waals surface area contributed by atoms with E-state index in [0.717, 1.165) is 12.8 Å². The van der Waals surface area contributed by atoms with E-state index in [1.54, 1.807) is 6.92 Å². The first-order valence-corrected chi connectivity index (χ1v) is 5.75. The van der Waals surface area contributed by atoms with Crippen LogP contribution < -0.4 is 4.74 Å². The molecule has 5 heteroatoms. The van der Waals surface area contributed by atoms with E-state index in [-0.39, 0.29) is 11.8 Å². The summed E-state index contributed by atoms with van der Waals surface area (Å²) < 4.78 is 6.48. The first kappa shape index (κ1) is 13.4. The number of carbonyl (C=O) groups excluding carboxylic acids is 2. The molecule has 0 aromatic carbocycles. The molecule has 1 rings (SSSR count). The van der Waals surface area contributed by atoms with Crippen molar-refractivity contribution in [2.45, 2.75) is 47.0 Å². The van der Waals surface area contributed by atoms with E-state index < -0.39 is 5.97 Å². The van der Waals surface area contributed by atoms with Gasteiger partial charge in [0.05, 0.1) is 5.69 Å². The molecule has 1 aromatic rings. The quantitative estimate of drug-likeness (QED) is 0.754. The number of nitrogens with zero attached hydrogens (tertiary/aromatic N) is 2. The maximum Gasteiger partial charge on any atom is 0.309 e. The Kier molecular flexibility index (Phi) is 4.43. The third-order valence-electron chi connectivity index (χ3n) is 2.44. The van der Waals surface area contributed by atoms with Crippen molar-refractivity contribution in [3.63, 3.8) is 0 Å². The van der Waals surface area contributed by atoms with E-state index in [1.165, 1.54) is 18.4 Å². The third-order valence-corrected chi connectivity index (χ3v) is 2.44. The second-order valence-corrected chi connectivity index (χ2v) is 3.97. The Hall–Kier alpha value is -1.65. The largest absolute Gasteiger partial charge is 0.406 e. The molecule has 0 amide bonds. The molecule has 0 saturated heterocycles. The molecule has 94 valence electrons. The van der Waals surface area contributed by atoms with Gasteiger partial charge in [-0.2, -0.15) is 4.98 Å². The number of aromatic nitrogens is 2. The van der Waals surface area contributed by atoms with Crippen molar-refractivity contribution in [2.75, 3.05) is 0 Å². The highest BCUT2D eigenvalue weighted by Crippen LogP contribution is 2.20. The number of aryl methyl sites for hydroxylation is 1. The van der Waals surface area contributed by atoms with Crippen molar-refractivity contribution >= 4 is 11.9 Å². The van der Waals surface area contributed by atoms with E-state index in [1.807, 2.05) is 0 Å². The van der Waals surface area contributed by atoms with Crippen LogP contribution in [0.25, 0.3) is 0 Å². The van der Waals surface area contributed by atoms with E-state index in [4.69, 9.17) is 4.74 Å². The highest BCUT2D eigenvalue weighted by atomic mass is 16.5. The lowest BCUT2D eigenvalue weighted by Crippen LogP contribution is -2.12. The maximum atomic E-state index is 11.5. The molecular weight excluding hydrogens is 220 g/mol. The summed E-state index contributed by atoms with van der Waals surface area (Å²) in [6, 6.07) is 0. The van der Waals surface area contributed by atoms with Crippen LogP contribution in [0.3, 0.4) is 0 Å². The van der Waals surface area contributed by atoms with E-state index in [0.29, 0.717) is 17.9 Å². The van der Waals surface area contributed by atoms with Crippen molar-refractivity contribution in [3.8, 4) is 5.88 Å². The molecule has 0 aliphatic heterocycles. The normalized spacial score (nSPS) is 10.4. The van der Waals surface area contributed by atoms with Gasteiger partial charge < -0.3 is 4.74 Å². The summed E-state index contributed by atoms with van der Waals surface area (Å²) >= 11 is 0. The summed E-state index contributed by atoms with van der Waals surface area (Å²) in [4.78, 5) is 26.7. The molecule has 0 bridgehead atoms. The number of carbonyl (C=O) groups is 2. The summed E-state index contributed by atoms with van der Waals surface area (Å²) in [5.74, 6) is 0.356. The predicted octanol–water partition coefficient (Wildman–Crippen LogP) is 2.12. The average Bonchev–Trinajstić information content (AvgIpc) is 2.52. The van der Waals surface area contributed by atoms with Crippen LogP contribution >= 0.6 is 0 Å². The molecule has 5 nitrogen and oxygen atoms in total. The van der Waals surface area contributed by atoms with Crippen LogP contribution in [0.1, 0.15) is 49.9 Å². The fraction of sp³-hybridized carbons (Fsp3) is 0.583. The van der Waals surface area contributed by atoms with Crippen molar-refractivity contribution in [1.82, 2.24) is 9.55 Å². The molecule has 0 spiro atoms. The summed E-state index contributed by atoms with van der Waals surface area (Å²) in [6.45, 7) is 6.59. The SMILES string of the molecule is CCCCc1nc(OC(C)=O)c(C)n1C(C)=O. The van der Waals surface area contributed by atoms with Gasteiger partial charge in [0.2, 0.25) is 11.8 Å². The minimum Gasteiger partial charge on any atom is -0.406 e. The van der Waals surface area contributed by atoms with E-state index >= 15 is 0 Å². The van der Waals surface area contributed by atoms with Crippen molar-refractivity contribution in [3.05, 3.63) is 11.5 Å². The third kappa shape index (κ3) is 3.15. The monoisotopic (exact) mass is 238 g/mol. The summed E-state index contributed by atoms with van der Waals surface area (Å²) in [6.07, 6.45) is 2.67. The second kappa shape index (κ2) is 5.61. The maximum absolute atomic E-state index is 11.5. The average molecular weight is 238 g/mol. The van der Waals surface area contributed by atoms with Gasteiger partial charge in [-0.1, -0.05) is 13.3 Å². The Labute approximate surface area is 101 Å². The molecule has 0 aliphatic carbocycles. The Morgan fingerprint density at radius 1 is 1.35 bits per heavy atom. The summed E-state index contributed by atoms with van der Waals surface area (Å²) in [5, 5.41) is 0. The number of imidazole rings is 1. The number of ether oxygens (including phenoxy) is 1. The van der Waals surface area contributed by atoms with Crippen LogP contribution in [0.15, 0.2) is 0 Å². The Morgan fingerprint density at radius 2 is 2.00 bits per heavy atom. The molecular formula is C12H18N2O3. The molecule has 0 saturated carbocycles. The minimum atomic E-state index is -0.427. The Bertz CT molecular complexity index is 435. The molecule has 0 fully saturated rings. The number of rotatable bonds is 4. The lowest BCUT2D eigenvalue weighted by molar-refractivity contribution is -0.132. The van der Waals surface area contributed by atoms with E-state index in [2.05, 4.69) is 11.9 Å². The number of unbranched alkanes of at least 4 members (excludes halogenated alkanes) is 1. The zero-order valence-electron chi connectivity index (χ0n) is 10.7. The molecule has 0 aliphatic rings. The van der Waals surface area contributed by atoms with Gasteiger partial charge in [0, 0.05) is 20.3 Å². The Morgan fingerprint density at radius 3 is 2.47 bits per heavy atom. The number of hydrogen-bond donors (Lipinski definition) is 0. The van der Waals surface area contributed by atoms with Gasteiger partial charge in [-0.25, -0.2) is 0 Å². The van der Waals surface area contributed by atoms with Gasteiger partial charge >= 0.3 is 5.97 Å². The first-order chi connectivity index (χ1) is 7.97. The lowest BCUT2D eigenvalue weighted by Gasteiger charge is -2.04. The van der Waals surface area contributed by atoms with Crippen molar-refractivity contribution in [1.29, 1.82) is 0 Å². The molecule has 0 atom stereocenters. The number of esters is 1. The van der Waals surface area contributed by atoms with Crippen LogP contribution in [0.5, 0.6) is 5.88 Å². The van der Waals surface area contributed by atoms with Gasteiger partial charge in [-0.15, -0.1) is 0 Å². The number of hydrogen-bond acceptors (Lipinski definition) is 4. The van der Waals surface area contributed by atoms with Gasteiger partial charge in [0.15, 0.2) is 0 Å². The zero-order valence-corrected chi connectivity index (χ0v) is 10.7. The van der Waals surface area contributed by atoms with Crippen LogP contribution in [-0.2, 0) is 11.2 Å². The van der Waals surface area contributed by atoms with Gasteiger partial charge in [-0.05, 0) is 13.3 Å². The van der Waals surface area contributed by atoms with Gasteiger partial charge in [0.1, 0.15) is 5.82 Å². The summed E-state index contributed by atoms with van der Waals surface area (Å²) in [5.41, 5.74) is 0.582. The van der Waals surface area contributed by atoms with Gasteiger partial charge in [0.25, 0.3) is 0 Å². The van der Waals surface area contributed by atoms with E-state index in [9.17, 15) is 9.59 Å². The lowest BCUT2D eigenvalue weighted by atomic mass is 10.2. The molecule has 17 heavy (non-hydrogen) atoms. The van der Waals surface area contributed by atoms with Crippen LogP contribution in [0, 0.1) is 6.92 Å². The first-order valence-electron chi connectivity index (χ1n) is 5.75. The molecule has 0 N–H and O–H groups in total. The highest BCUT2D eigenvalue weighted by Gasteiger charge is 2.18. The predicted molar refractivity (Wildman–Crippen MR) is 63.2 cm³/mol. The summed E-state index contributed by atoms with van der Waals surface area (Å²) in [7, 11) is 0. The minimum absolute atomic E-state index is 0.112. The van der Waals surface area contributed by atoms with Crippen LogP contribution in [-0.4, -0.2) is 21.4 Å². The fourth-order valence-corrected chi connectivity index (χ4v) is 1.69. The van der Waals surface area contributed by atoms with Crippen molar-refractivity contribution in [2.24, 2.45) is 0 Å². The Balaban J connectivity index is 3.10. The zero-order chi connectivity index (χ0) is 13.0. The molecule has 1 aromatic heterocycles. The highest BCUT2D eigenvalue weighted by molar-refractivity contribution is 5.78. The smallest absolute Gasteiger partial charge is 0.309 e. The molecule has 1 heterocycles. The second-order valence-electron chi connectivity index (χ2n) is 3.97. The molecule has 0 unspecified atom stereocenters. The topological polar surface area (TPSA) is 61.2 Å². The van der Waals surface area contributed by atoms with Crippen LogP contribution in [0.4, 0.5) is 0 Å². The van der Waals surface area contributed by atoms with Crippen molar-refractivity contribution < 1.29 is 14.3 Å². The van der Waals surface area contributed by atoms with Crippen LogP contribution in [0.2, 0.25) is 0 Å². The fourth-order valence-electron chi connectivity index (χ4n) is 1.69. The van der Waals surface area contributed by atoms with Gasteiger partial charge in [-0.3, -0.25) is 14.2 Å².